The van der Waals surface area contributed by atoms with Crippen LogP contribution in [0.1, 0.15) is 328 Å². The predicted octanol–water partition coefficient (Wildman–Crippen LogP) is 19.2. The Bertz CT molecular complexity index is 1120. The van der Waals surface area contributed by atoms with E-state index in [1.165, 1.54) is 225 Å². The number of aliphatic hydroxyl groups is 2. The van der Waals surface area contributed by atoms with E-state index in [1.54, 1.807) is 6.08 Å². The van der Waals surface area contributed by atoms with Crippen LogP contribution in [0.15, 0.2) is 36.5 Å². The molecule has 0 saturated heterocycles. The first-order valence-corrected chi connectivity index (χ1v) is 30.8. The Hall–Kier alpha value is -1.92. The normalized spacial score (nSPS) is 12.8. The van der Waals surface area contributed by atoms with Gasteiger partial charge in [0.05, 0.1) is 25.4 Å². The van der Waals surface area contributed by atoms with Crippen molar-refractivity contribution in [1.29, 1.82) is 0 Å². The molecule has 6 nitrogen and oxygen atoms in total. The summed E-state index contributed by atoms with van der Waals surface area (Å²) in [6.45, 7) is 4.83. The molecular formula is C63H119NO5. The minimum absolute atomic E-state index is 0.0411. The third kappa shape index (κ3) is 55.2. The fourth-order valence-corrected chi connectivity index (χ4v) is 9.39. The summed E-state index contributed by atoms with van der Waals surface area (Å²) in [5, 5.41) is 23.2. The SMILES string of the molecule is CCCCCCCC/C=C\CCCCCCCCCC(=O)OCCCC/C=C\CCCCCCC(=O)NC(CO)C(O)/C=C/CCCCCCCCCCCCCCCCCCCCCCCCC. The second-order valence-corrected chi connectivity index (χ2v) is 21.0. The van der Waals surface area contributed by atoms with Crippen LogP contribution in [-0.2, 0) is 14.3 Å². The van der Waals surface area contributed by atoms with Gasteiger partial charge < -0.3 is 20.3 Å². The van der Waals surface area contributed by atoms with Crippen LogP contribution in [0.5, 0.6) is 0 Å². The number of carbonyl (C=O) groups is 2. The lowest BCUT2D eigenvalue weighted by molar-refractivity contribution is -0.143. The van der Waals surface area contributed by atoms with Crippen LogP contribution in [0.3, 0.4) is 0 Å². The number of rotatable bonds is 57. The number of hydrogen-bond acceptors (Lipinski definition) is 5. The van der Waals surface area contributed by atoms with Gasteiger partial charge in [-0.25, -0.2) is 0 Å². The highest BCUT2D eigenvalue weighted by molar-refractivity contribution is 5.76. The molecule has 0 aromatic rings. The number of carbonyl (C=O) groups excluding carboxylic acids is 2. The van der Waals surface area contributed by atoms with E-state index in [0.29, 0.717) is 19.4 Å². The Morgan fingerprint density at radius 1 is 0.391 bits per heavy atom. The second kappa shape index (κ2) is 58.6. The van der Waals surface area contributed by atoms with E-state index in [1.807, 2.05) is 6.08 Å². The summed E-state index contributed by atoms with van der Waals surface area (Å²) in [4.78, 5) is 24.6. The highest BCUT2D eigenvalue weighted by Crippen LogP contribution is 2.17. The number of ether oxygens (including phenoxy) is 1. The van der Waals surface area contributed by atoms with Crippen molar-refractivity contribution in [3.05, 3.63) is 36.5 Å². The fourth-order valence-electron chi connectivity index (χ4n) is 9.39. The molecule has 406 valence electrons. The van der Waals surface area contributed by atoms with E-state index in [4.69, 9.17) is 4.74 Å². The van der Waals surface area contributed by atoms with Gasteiger partial charge in [0, 0.05) is 12.8 Å². The van der Waals surface area contributed by atoms with Crippen LogP contribution >= 0.6 is 0 Å². The molecule has 0 radical (unpaired) electrons. The molecule has 2 atom stereocenters. The molecule has 0 rings (SSSR count). The van der Waals surface area contributed by atoms with Crippen LogP contribution in [0, 0.1) is 0 Å². The molecule has 0 aliphatic carbocycles. The average molecular weight is 971 g/mol. The van der Waals surface area contributed by atoms with Crippen LogP contribution in [0.2, 0.25) is 0 Å². The summed E-state index contributed by atoms with van der Waals surface area (Å²) in [6.07, 6.45) is 73.3. The largest absolute Gasteiger partial charge is 0.466 e. The quantitative estimate of drug-likeness (QED) is 0.0321. The maximum atomic E-state index is 12.5. The van der Waals surface area contributed by atoms with Crippen molar-refractivity contribution >= 4 is 11.9 Å². The molecule has 0 fully saturated rings. The van der Waals surface area contributed by atoms with Gasteiger partial charge in [0.25, 0.3) is 0 Å². The minimum Gasteiger partial charge on any atom is -0.466 e. The van der Waals surface area contributed by atoms with Crippen LogP contribution < -0.4 is 5.32 Å². The van der Waals surface area contributed by atoms with Crippen molar-refractivity contribution in [2.24, 2.45) is 0 Å². The van der Waals surface area contributed by atoms with Gasteiger partial charge in [-0.2, -0.15) is 0 Å². The van der Waals surface area contributed by atoms with Gasteiger partial charge in [0.2, 0.25) is 5.91 Å². The molecule has 0 spiro atoms. The van der Waals surface area contributed by atoms with Crippen molar-refractivity contribution in [3.63, 3.8) is 0 Å². The molecule has 0 aliphatic heterocycles. The Labute approximate surface area is 430 Å². The third-order valence-electron chi connectivity index (χ3n) is 14.1. The van der Waals surface area contributed by atoms with Gasteiger partial charge in [0.15, 0.2) is 0 Å². The number of amides is 1. The average Bonchev–Trinajstić information content (AvgIpc) is 3.35. The first-order chi connectivity index (χ1) is 34.0. The Morgan fingerprint density at radius 2 is 0.681 bits per heavy atom. The van der Waals surface area contributed by atoms with Gasteiger partial charge in [0.1, 0.15) is 0 Å². The standard InChI is InChI=1S/C63H119NO5/c1-3-5-7-9-11-13-15-17-19-21-22-23-24-25-26-27-28-30-31-33-35-39-43-47-51-55-61(66)60(59-65)64-62(67)56-52-48-44-40-37-38-42-46-50-54-58-69-63(68)57-53-49-45-41-36-34-32-29-20-18-16-14-12-10-8-6-4-2/h18,20,38,42,51,55,60-61,65-66H,3-17,19,21-37,39-41,43-50,52-54,56-59H2,1-2H3,(H,64,67)/b20-18-,42-38-,55-51+. The van der Waals surface area contributed by atoms with Crippen molar-refractivity contribution in [2.45, 2.75) is 341 Å². The lowest BCUT2D eigenvalue weighted by atomic mass is 10.0. The molecule has 69 heavy (non-hydrogen) atoms. The van der Waals surface area contributed by atoms with E-state index in [2.05, 4.69) is 43.5 Å². The lowest BCUT2D eigenvalue weighted by Crippen LogP contribution is -2.45. The molecule has 0 aromatic carbocycles. The monoisotopic (exact) mass is 970 g/mol. The third-order valence-corrected chi connectivity index (χ3v) is 14.1. The minimum atomic E-state index is -0.868. The molecule has 1 amide bonds. The number of hydrogen-bond donors (Lipinski definition) is 3. The first-order valence-electron chi connectivity index (χ1n) is 30.8. The number of nitrogens with one attached hydrogen (secondary N) is 1. The maximum absolute atomic E-state index is 12.5. The summed E-state index contributed by atoms with van der Waals surface area (Å²) in [5.74, 6) is -0.142. The Balaban J connectivity index is 3.53. The summed E-state index contributed by atoms with van der Waals surface area (Å²) in [7, 11) is 0. The molecule has 0 saturated carbocycles. The molecule has 2 unspecified atom stereocenters. The molecule has 0 heterocycles. The molecule has 0 aliphatic rings. The van der Waals surface area contributed by atoms with Crippen molar-refractivity contribution in [1.82, 2.24) is 5.32 Å². The smallest absolute Gasteiger partial charge is 0.305 e. The zero-order valence-corrected chi connectivity index (χ0v) is 46.3. The predicted molar refractivity (Wildman–Crippen MR) is 301 cm³/mol. The Kier molecular flexibility index (Phi) is 57.0. The first kappa shape index (κ1) is 67.1. The second-order valence-electron chi connectivity index (χ2n) is 21.0. The summed E-state index contributed by atoms with van der Waals surface area (Å²) >= 11 is 0. The summed E-state index contributed by atoms with van der Waals surface area (Å²) in [6, 6.07) is -0.655. The van der Waals surface area contributed by atoms with Crippen molar-refractivity contribution < 1.29 is 24.5 Å². The van der Waals surface area contributed by atoms with E-state index in [9.17, 15) is 19.8 Å². The molecule has 0 bridgehead atoms. The number of esters is 1. The van der Waals surface area contributed by atoms with E-state index >= 15 is 0 Å². The van der Waals surface area contributed by atoms with Crippen LogP contribution in [0.25, 0.3) is 0 Å². The lowest BCUT2D eigenvalue weighted by Gasteiger charge is -2.20. The van der Waals surface area contributed by atoms with Gasteiger partial charge in [-0.3, -0.25) is 9.59 Å². The number of unbranched alkanes of at least 4 members (excludes halogenated alkanes) is 42. The van der Waals surface area contributed by atoms with Crippen molar-refractivity contribution in [3.8, 4) is 0 Å². The molecule has 0 aromatic heterocycles. The number of aliphatic hydroxyl groups excluding tert-OH is 2. The maximum Gasteiger partial charge on any atom is 0.305 e. The molecule has 3 N–H and O–H groups in total. The molecular weight excluding hydrogens is 851 g/mol. The summed E-state index contributed by atoms with van der Waals surface area (Å²) in [5.41, 5.74) is 0. The van der Waals surface area contributed by atoms with Gasteiger partial charge in [-0.15, -0.1) is 0 Å². The van der Waals surface area contributed by atoms with Crippen LogP contribution in [-0.4, -0.2) is 47.4 Å². The zero-order valence-electron chi connectivity index (χ0n) is 46.3. The van der Waals surface area contributed by atoms with Gasteiger partial charge in [-0.1, -0.05) is 269 Å². The topological polar surface area (TPSA) is 95.9 Å². The van der Waals surface area contributed by atoms with Crippen LogP contribution in [0.4, 0.5) is 0 Å². The van der Waals surface area contributed by atoms with E-state index in [-0.39, 0.29) is 18.5 Å². The summed E-state index contributed by atoms with van der Waals surface area (Å²) < 4.78 is 5.45. The van der Waals surface area contributed by atoms with E-state index < -0.39 is 12.1 Å². The highest BCUT2D eigenvalue weighted by atomic mass is 16.5. The van der Waals surface area contributed by atoms with E-state index in [0.717, 1.165) is 77.0 Å². The zero-order chi connectivity index (χ0) is 50.0. The van der Waals surface area contributed by atoms with Gasteiger partial charge >= 0.3 is 5.97 Å². The van der Waals surface area contributed by atoms with Gasteiger partial charge in [-0.05, 0) is 83.5 Å². The number of allylic oxidation sites excluding steroid dienone is 5. The Morgan fingerprint density at radius 3 is 1.03 bits per heavy atom. The highest BCUT2D eigenvalue weighted by Gasteiger charge is 2.18. The van der Waals surface area contributed by atoms with Crippen molar-refractivity contribution in [2.75, 3.05) is 13.2 Å². The fraction of sp³-hybridized carbons (Fsp3) is 0.873. The molecule has 6 heteroatoms.